The van der Waals surface area contributed by atoms with E-state index < -0.39 is 0 Å². The number of ether oxygens (including phenoxy) is 1. The second-order valence-electron chi connectivity index (χ2n) is 5.67. The van der Waals surface area contributed by atoms with E-state index in [1.54, 1.807) is 0 Å². The SMILES string of the molecule is CCCCCCCCNCC1Cc2cc(Cl)ccc2O1. The Hall–Kier alpha value is -0.730. The lowest BCUT2D eigenvalue weighted by atomic mass is 10.1. The van der Waals surface area contributed by atoms with Gasteiger partial charge in [-0.15, -0.1) is 0 Å². The van der Waals surface area contributed by atoms with Gasteiger partial charge in [0.25, 0.3) is 0 Å². The molecule has 1 aromatic carbocycles. The Balaban J connectivity index is 1.54. The standard InChI is InChI=1S/C17H26ClNO/c1-2-3-4-5-6-7-10-19-13-16-12-14-11-15(18)8-9-17(14)20-16/h8-9,11,16,19H,2-7,10,12-13H2,1H3. The third-order valence-electron chi connectivity index (χ3n) is 3.84. The van der Waals surface area contributed by atoms with Crippen molar-refractivity contribution in [3.8, 4) is 5.75 Å². The maximum absolute atomic E-state index is 6.00. The molecular formula is C17H26ClNO. The summed E-state index contributed by atoms with van der Waals surface area (Å²) in [4.78, 5) is 0. The van der Waals surface area contributed by atoms with Crippen LogP contribution in [0, 0.1) is 0 Å². The quantitative estimate of drug-likeness (QED) is 0.673. The van der Waals surface area contributed by atoms with Gasteiger partial charge in [0.1, 0.15) is 11.9 Å². The summed E-state index contributed by atoms with van der Waals surface area (Å²) in [7, 11) is 0. The van der Waals surface area contributed by atoms with E-state index in [9.17, 15) is 0 Å². The highest BCUT2D eigenvalue weighted by atomic mass is 35.5. The molecule has 0 spiro atoms. The zero-order valence-electron chi connectivity index (χ0n) is 12.5. The molecule has 1 atom stereocenters. The first kappa shape index (κ1) is 15.7. The molecule has 2 nitrogen and oxygen atoms in total. The molecule has 0 amide bonds. The molecule has 1 heterocycles. The van der Waals surface area contributed by atoms with E-state index in [2.05, 4.69) is 12.2 Å². The maximum atomic E-state index is 6.00. The van der Waals surface area contributed by atoms with Gasteiger partial charge in [0.2, 0.25) is 0 Å². The van der Waals surface area contributed by atoms with Crippen molar-refractivity contribution in [3.05, 3.63) is 28.8 Å². The van der Waals surface area contributed by atoms with Gasteiger partial charge in [-0.05, 0) is 36.7 Å². The highest BCUT2D eigenvalue weighted by Gasteiger charge is 2.22. The molecule has 1 aliphatic rings. The van der Waals surface area contributed by atoms with Gasteiger partial charge < -0.3 is 10.1 Å². The highest BCUT2D eigenvalue weighted by molar-refractivity contribution is 6.30. The van der Waals surface area contributed by atoms with Crippen molar-refractivity contribution >= 4 is 11.6 Å². The van der Waals surface area contributed by atoms with Crippen LogP contribution >= 0.6 is 11.6 Å². The average molecular weight is 296 g/mol. The fourth-order valence-electron chi connectivity index (χ4n) is 2.70. The molecule has 1 unspecified atom stereocenters. The number of rotatable bonds is 9. The van der Waals surface area contributed by atoms with Gasteiger partial charge in [-0.2, -0.15) is 0 Å². The molecule has 0 saturated heterocycles. The van der Waals surface area contributed by atoms with Gasteiger partial charge in [-0.3, -0.25) is 0 Å². The number of hydrogen-bond acceptors (Lipinski definition) is 2. The molecular weight excluding hydrogens is 270 g/mol. The van der Waals surface area contributed by atoms with E-state index in [0.29, 0.717) is 0 Å². The lowest BCUT2D eigenvalue weighted by Crippen LogP contribution is -2.30. The molecule has 0 saturated carbocycles. The van der Waals surface area contributed by atoms with Gasteiger partial charge >= 0.3 is 0 Å². The molecule has 2 rings (SSSR count). The Labute approximate surface area is 127 Å². The number of fused-ring (bicyclic) bond motifs is 1. The monoisotopic (exact) mass is 295 g/mol. The smallest absolute Gasteiger partial charge is 0.123 e. The largest absolute Gasteiger partial charge is 0.488 e. The third kappa shape index (κ3) is 4.99. The Kier molecular flexibility index (Phi) is 6.68. The van der Waals surface area contributed by atoms with Crippen molar-refractivity contribution < 1.29 is 4.74 Å². The molecule has 0 aromatic heterocycles. The lowest BCUT2D eigenvalue weighted by molar-refractivity contribution is 0.227. The van der Waals surface area contributed by atoms with Crippen LogP contribution in [0.25, 0.3) is 0 Å². The van der Waals surface area contributed by atoms with Crippen LogP contribution in [0.15, 0.2) is 18.2 Å². The third-order valence-corrected chi connectivity index (χ3v) is 4.08. The first-order valence-electron chi connectivity index (χ1n) is 7.95. The normalized spacial score (nSPS) is 17.0. The highest BCUT2D eigenvalue weighted by Crippen LogP contribution is 2.30. The van der Waals surface area contributed by atoms with Crippen LogP contribution in [0.2, 0.25) is 5.02 Å². The number of benzene rings is 1. The molecule has 1 aromatic rings. The van der Waals surface area contributed by atoms with Crippen LogP contribution in [0.5, 0.6) is 5.75 Å². The Morgan fingerprint density at radius 3 is 2.85 bits per heavy atom. The second-order valence-corrected chi connectivity index (χ2v) is 6.10. The molecule has 0 radical (unpaired) electrons. The topological polar surface area (TPSA) is 21.3 Å². The van der Waals surface area contributed by atoms with Crippen LogP contribution < -0.4 is 10.1 Å². The second kappa shape index (κ2) is 8.53. The first-order chi connectivity index (χ1) is 9.79. The number of hydrogen-bond donors (Lipinski definition) is 1. The minimum absolute atomic E-state index is 0.267. The summed E-state index contributed by atoms with van der Waals surface area (Å²) in [6, 6.07) is 5.89. The minimum Gasteiger partial charge on any atom is -0.488 e. The summed E-state index contributed by atoms with van der Waals surface area (Å²) in [5.41, 5.74) is 1.24. The fraction of sp³-hybridized carbons (Fsp3) is 0.647. The van der Waals surface area contributed by atoms with Gasteiger partial charge in [0, 0.05) is 18.0 Å². The summed E-state index contributed by atoms with van der Waals surface area (Å²) in [5, 5.41) is 4.31. The summed E-state index contributed by atoms with van der Waals surface area (Å²) in [6.07, 6.45) is 9.32. The summed E-state index contributed by atoms with van der Waals surface area (Å²) in [6.45, 7) is 4.29. The zero-order chi connectivity index (χ0) is 14.2. The number of unbranched alkanes of at least 4 members (excludes halogenated alkanes) is 5. The molecule has 1 N–H and O–H groups in total. The van der Waals surface area contributed by atoms with Crippen LogP contribution in [0.4, 0.5) is 0 Å². The lowest BCUT2D eigenvalue weighted by Gasteiger charge is -2.11. The van der Waals surface area contributed by atoms with Gasteiger partial charge in [-0.1, -0.05) is 50.6 Å². The van der Waals surface area contributed by atoms with Crippen molar-refractivity contribution in [1.82, 2.24) is 5.32 Å². The van der Waals surface area contributed by atoms with Gasteiger partial charge in [-0.25, -0.2) is 0 Å². The Bertz CT molecular complexity index is 408. The van der Waals surface area contributed by atoms with Crippen LogP contribution in [-0.2, 0) is 6.42 Å². The fourth-order valence-corrected chi connectivity index (χ4v) is 2.89. The van der Waals surface area contributed by atoms with E-state index >= 15 is 0 Å². The zero-order valence-corrected chi connectivity index (χ0v) is 13.2. The predicted octanol–water partition coefficient (Wildman–Crippen LogP) is 4.59. The van der Waals surface area contributed by atoms with Crippen LogP contribution in [-0.4, -0.2) is 19.2 Å². The molecule has 0 bridgehead atoms. The predicted molar refractivity (Wildman–Crippen MR) is 85.8 cm³/mol. The van der Waals surface area contributed by atoms with Gasteiger partial charge in [0.15, 0.2) is 0 Å². The summed E-state index contributed by atoms with van der Waals surface area (Å²) in [5.74, 6) is 1.00. The number of halogens is 1. The van der Waals surface area contributed by atoms with Crippen molar-refractivity contribution in [2.75, 3.05) is 13.1 Å². The Morgan fingerprint density at radius 1 is 1.20 bits per heavy atom. The van der Waals surface area contributed by atoms with E-state index in [1.165, 1.54) is 44.1 Å². The Morgan fingerprint density at radius 2 is 2.00 bits per heavy atom. The van der Waals surface area contributed by atoms with Crippen molar-refractivity contribution in [2.45, 2.75) is 58.0 Å². The van der Waals surface area contributed by atoms with Crippen molar-refractivity contribution in [1.29, 1.82) is 0 Å². The maximum Gasteiger partial charge on any atom is 0.123 e. The first-order valence-corrected chi connectivity index (χ1v) is 8.33. The molecule has 0 aliphatic carbocycles. The summed E-state index contributed by atoms with van der Waals surface area (Å²) >= 11 is 6.00. The summed E-state index contributed by atoms with van der Waals surface area (Å²) < 4.78 is 5.90. The molecule has 3 heteroatoms. The minimum atomic E-state index is 0.267. The molecule has 0 fully saturated rings. The molecule has 1 aliphatic heterocycles. The van der Waals surface area contributed by atoms with Crippen molar-refractivity contribution in [2.24, 2.45) is 0 Å². The van der Waals surface area contributed by atoms with E-state index in [1.807, 2.05) is 18.2 Å². The average Bonchev–Trinajstić information content (AvgIpc) is 2.83. The van der Waals surface area contributed by atoms with E-state index in [0.717, 1.165) is 30.3 Å². The van der Waals surface area contributed by atoms with Gasteiger partial charge in [0.05, 0.1) is 0 Å². The van der Waals surface area contributed by atoms with Crippen molar-refractivity contribution in [3.63, 3.8) is 0 Å². The molecule has 112 valence electrons. The van der Waals surface area contributed by atoms with E-state index in [-0.39, 0.29) is 6.10 Å². The van der Waals surface area contributed by atoms with Crippen LogP contribution in [0.1, 0.15) is 51.0 Å². The van der Waals surface area contributed by atoms with Crippen LogP contribution in [0.3, 0.4) is 0 Å². The molecule has 20 heavy (non-hydrogen) atoms. The number of nitrogens with one attached hydrogen (secondary N) is 1. The van der Waals surface area contributed by atoms with E-state index in [4.69, 9.17) is 16.3 Å².